The molecule has 2 amide bonds. The lowest BCUT2D eigenvalue weighted by Crippen LogP contribution is -2.49. The van der Waals surface area contributed by atoms with E-state index in [0.717, 1.165) is 25.0 Å². The van der Waals surface area contributed by atoms with E-state index in [1.165, 1.54) is 5.56 Å². The fraction of sp³-hybridized carbons (Fsp3) is 0.500. The Kier molecular flexibility index (Phi) is 6.04. The number of carbonyl (C=O) groups is 1. The Labute approximate surface area is 137 Å². The SMILES string of the molecule is C=CCNC(=O)N1CCC(CO)(Cc2ccc(OC)cc2)CC1. The molecule has 1 aromatic rings. The highest BCUT2D eigenvalue weighted by Crippen LogP contribution is 2.35. The lowest BCUT2D eigenvalue weighted by molar-refractivity contribution is 0.0554. The summed E-state index contributed by atoms with van der Waals surface area (Å²) in [6.07, 6.45) is 4.09. The number of hydrogen-bond donors (Lipinski definition) is 2. The van der Waals surface area contributed by atoms with Gasteiger partial charge in [-0.1, -0.05) is 18.2 Å². The molecule has 0 aliphatic carbocycles. The number of likely N-dealkylation sites (tertiary alicyclic amines) is 1. The van der Waals surface area contributed by atoms with E-state index in [0.29, 0.717) is 19.6 Å². The maximum absolute atomic E-state index is 12.0. The van der Waals surface area contributed by atoms with Crippen LogP contribution in [0.15, 0.2) is 36.9 Å². The molecule has 0 bridgehead atoms. The second-order valence-corrected chi connectivity index (χ2v) is 6.14. The van der Waals surface area contributed by atoms with E-state index in [-0.39, 0.29) is 18.1 Å². The lowest BCUT2D eigenvalue weighted by atomic mass is 9.74. The number of benzene rings is 1. The molecule has 1 saturated heterocycles. The molecule has 126 valence electrons. The van der Waals surface area contributed by atoms with Gasteiger partial charge in [-0.15, -0.1) is 6.58 Å². The van der Waals surface area contributed by atoms with Crippen molar-refractivity contribution in [3.8, 4) is 5.75 Å². The maximum atomic E-state index is 12.0. The van der Waals surface area contributed by atoms with Crippen molar-refractivity contribution in [2.75, 3.05) is 33.4 Å². The van der Waals surface area contributed by atoms with Gasteiger partial charge in [0.1, 0.15) is 5.75 Å². The molecule has 5 nitrogen and oxygen atoms in total. The number of hydrogen-bond acceptors (Lipinski definition) is 3. The molecule has 1 aromatic carbocycles. The molecule has 0 atom stereocenters. The molecule has 0 aromatic heterocycles. The van der Waals surface area contributed by atoms with E-state index in [2.05, 4.69) is 11.9 Å². The van der Waals surface area contributed by atoms with Crippen molar-refractivity contribution in [2.45, 2.75) is 19.3 Å². The summed E-state index contributed by atoms with van der Waals surface area (Å²) in [6, 6.07) is 7.91. The maximum Gasteiger partial charge on any atom is 0.317 e. The van der Waals surface area contributed by atoms with E-state index < -0.39 is 0 Å². The molecule has 5 heteroatoms. The topological polar surface area (TPSA) is 61.8 Å². The Bertz CT molecular complexity index is 520. The molecule has 0 unspecified atom stereocenters. The summed E-state index contributed by atoms with van der Waals surface area (Å²) < 4.78 is 5.18. The van der Waals surface area contributed by atoms with Crippen molar-refractivity contribution in [1.29, 1.82) is 0 Å². The van der Waals surface area contributed by atoms with Crippen LogP contribution in [-0.2, 0) is 6.42 Å². The minimum absolute atomic E-state index is 0.0547. The summed E-state index contributed by atoms with van der Waals surface area (Å²) in [6.45, 7) is 5.55. The molecule has 2 rings (SSSR count). The molecule has 0 saturated carbocycles. The van der Waals surface area contributed by atoms with Crippen LogP contribution in [0.2, 0.25) is 0 Å². The molecule has 0 radical (unpaired) electrons. The Balaban J connectivity index is 1.94. The Morgan fingerprint density at radius 2 is 2.04 bits per heavy atom. The van der Waals surface area contributed by atoms with E-state index in [9.17, 15) is 9.90 Å². The van der Waals surface area contributed by atoms with Crippen molar-refractivity contribution in [1.82, 2.24) is 10.2 Å². The van der Waals surface area contributed by atoms with Crippen LogP contribution >= 0.6 is 0 Å². The first-order chi connectivity index (χ1) is 11.1. The van der Waals surface area contributed by atoms with Crippen molar-refractivity contribution in [3.05, 3.63) is 42.5 Å². The molecule has 23 heavy (non-hydrogen) atoms. The predicted octanol–water partition coefficient (Wildman–Crippen LogP) is 2.21. The minimum Gasteiger partial charge on any atom is -0.497 e. The van der Waals surface area contributed by atoms with Crippen LogP contribution in [0, 0.1) is 5.41 Å². The van der Waals surface area contributed by atoms with Gasteiger partial charge in [0.2, 0.25) is 0 Å². The van der Waals surface area contributed by atoms with E-state index in [4.69, 9.17) is 4.74 Å². The largest absolute Gasteiger partial charge is 0.497 e. The fourth-order valence-corrected chi connectivity index (χ4v) is 3.02. The van der Waals surface area contributed by atoms with Crippen molar-refractivity contribution >= 4 is 6.03 Å². The molecule has 1 aliphatic rings. The van der Waals surface area contributed by atoms with Gasteiger partial charge in [0.05, 0.1) is 7.11 Å². The number of carbonyl (C=O) groups excluding carboxylic acids is 1. The summed E-state index contributed by atoms with van der Waals surface area (Å²) in [5.74, 6) is 0.834. The fourth-order valence-electron chi connectivity index (χ4n) is 3.02. The quantitative estimate of drug-likeness (QED) is 0.791. The normalized spacial score (nSPS) is 16.7. The van der Waals surface area contributed by atoms with E-state index in [1.807, 2.05) is 29.2 Å². The highest BCUT2D eigenvalue weighted by atomic mass is 16.5. The van der Waals surface area contributed by atoms with Crippen LogP contribution in [0.3, 0.4) is 0 Å². The van der Waals surface area contributed by atoms with Gasteiger partial charge in [0.25, 0.3) is 0 Å². The predicted molar refractivity (Wildman–Crippen MR) is 90.6 cm³/mol. The van der Waals surface area contributed by atoms with Gasteiger partial charge in [-0.25, -0.2) is 4.79 Å². The van der Waals surface area contributed by atoms with Crippen molar-refractivity contribution < 1.29 is 14.6 Å². The van der Waals surface area contributed by atoms with Crippen LogP contribution in [0.1, 0.15) is 18.4 Å². The second-order valence-electron chi connectivity index (χ2n) is 6.14. The molecule has 1 fully saturated rings. The van der Waals surface area contributed by atoms with Gasteiger partial charge in [0, 0.05) is 31.7 Å². The zero-order valence-electron chi connectivity index (χ0n) is 13.8. The standard InChI is InChI=1S/C18H26N2O3/c1-3-10-19-17(22)20-11-8-18(14-21,9-12-20)13-15-4-6-16(23-2)7-5-15/h3-7,21H,1,8-14H2,2H3,(H,19,22). The summed E-state index contributed by atoms with van der Waals surface area (Å²) >= 11 is 0. The molecule has 1 heterocycles. The first-order valence-electron chi connectivity index (χ1n) is 8.00. The number of nitrogens with zero attached hydrogens (tertiary/aromatic N) is 1. The third-order valence-electron chi connectivity index (χ3n) is 4.58. The highest BCUT2D eigenvalue weighted by Gasteiger charge is 2.35. The molecule has 1 aliphatic heterocycles. The summed E-state index contributed by atoms with van der Waals surface area (Å²) in [7, 11) is 1.65. The Hall–Kier alpha value is -2.01. The van der Waals surface area contributed by atoms with Gasteiger partial charge < -0.3 is 20.1 Å². The van der Waals surface area contributed by atoms with Crippen LogP contribution in [-0.4, -0.2) is 49.4 Å². The number of methoxy groups -OCH3 is 1. The van der Waals surface area contributed by atoms with Crippen LogP contribution in [0.4, 0.5) is 4.79 Å². The van der Waals surface area contributed by atoms with Gasteiger partial charge in [-0.2, -0.15) is 0 Å². The van der Waals surface area contributed by atoms with Gasteiger partial charge in [-0.3, -0.25) is 0 Å². The van der Waals surface area contributed by atoms with Crippen LogP contribution < -0.4 is 10.1 Å². The average Bonchev–Trinajstić information content (AvgIpc) is 2.61. The number of piperidine rings is 1. The average molecular weight is 318 g/mol. The number of amides is 2. The van der Waals surface area contributed by atoms with Crippen LogP contribution in [0.25, 0.3) is 0 Å². The number of ether oxygens (including phenoxy) is 1. The number of aliphatic hydroxyl groups excluding tert-OH is 1. The number of nitrogens with one attached hydrogen (secondary N) is 1. The van der Waals surface area contributed by atoms with E-state index in [1.54, 1.807) is 13.2 Å². The van der Waals surface area contributed by atoms with Crippen LogP contribution in [0.5, 0.6) is 5.75 Å². The van der Waals surface area contributed by atoms with Crippen molar-refractivity contribution in [3.63, 3.8) is 0 Å². The number of rotatable bonds is 6. The zero-order valence-corrected chi connectivity index (χ0v) is 13.8. The molecule has 0 spiro atoms. The summed E-state index contributed by atoms with van der Waals surface area (Å²) in [5, 5.41) is 12.7. The number of urea groups is 1. The molecule has 2 N–H and O–H groups in total. The monoisotopic (exact) mass is 318 g/mol. The number of aliphatic hydroxyl groups is 1. The van der Waals surface area contributed by atoms with Gasteiger partial charge >= 0.3 is 6.03 Å². The zero-order chi connectivity index (χ0) is 16.7. The smallest absolute Gasteiger partial charge is 0.317 e. The Morgan fingerprint density at radius 3 is 2.57 bits per heavy atom. The minimum atomic E-state index is -0.149. The summed E-state index contributed by atoms with van der Waals surface area (Å²) in [4.78, 5) is 13.8. The third kappa shape index (κ3) is 4.48. The molecular weight excluding hydrogens is 292 g/mol. The first-order valence-corrected chi connectivity index (χ1v) is 8.00. The first kappa shape index (κ1) is 17.3. The lowest BCUT2D eigenvalue weighted by Gasteiger charge is -2.40. The van der Waals surface area contributed by atoms with E-state index >= 15 is 0 Å². The second kappa shape index (κ2) is 8.02. The third-order valence-corrected chi connectivity index (χ3v) is 4.58. The summed E-state index contributed by atoms with van der Waals surface area (Å²) in [5.41, 5.74) is 1.04. The highest BCUT2D eigenvalue weighted by molar-refractivity contribution is 5.74. The van der Waals surface area contributed by atoms with Gasteiger partial charge in [-0.05, 0) is 37.0 Å². The van der Waals surface area contributed by atoms with Gasteiger partial charge in [0.15, 0.2) is 0 Å². The van der Waals surface area contributed by atoms with Crippen molar-refractivity contribution in [2.24, 2.45) is 5.41 Å². The Morgan fingerprint density at radius 1 is 1.39 bits per heavy atom. The molecular formula is C18H26N2O3.